The number of halogens is 2. The highest BCUT2D eigenvalue weighted by molar-refractivity contribution is 9.10. The van der Waals surface area contributed by atoms with Gasteiger partial charge in [0.1, 0.15) is 11.9 Å². The molecule has 6 nitrogen and oxygen atoms in total. The van der Waals surface area contributed by atoms with Gasteiger partial charge in [0.2, 0.25) is 0 Å². The second kappa shape index (κ2) is 8.64. The van der Waals surface area contributed by atoms with Gasteiger partial charge in [-0.05, 0) is 25.1 Å². The van der Waals surface area contributed by atoms with E-state index in [0.29, 0.717) is 18.7 Å². The number of aliphatic imine (C=N–C) groups is 1. The first-order valence-electron chi connectivity index (χ1n) is 8.64. The maximum Gasteiger partial charge on any atom is 0.194 e. The molecule has 1 atom stereocenters. The summed E-state index contributed by atoms with van der Waals surface area (Å²) in [5.74, 6) is 0.520. The predicted molar refractivity (Wildman–Crippen MR) is 102 cm³/mol. The molecule has 2 heterocycles. The number of benzene rings is 1. The number of morpholine rings is 1. The van der Waals surface area contributed by atoms with E-state index in [1.54, 1.807) is 16.8 Å². The summed E-state index contributed by atoms with van der Waals surface area (Å²) in [6, 6.07) is 4.91. The van der Waals surface area contributed by atoms with Gasteiger partial charge in [-0.1, -0.05) is 15.9 Å². The van der Waals surface area contributed by atoms with Crippen LogP contribution >= 0.6 is 15.9 Å². The Balaban J connectivity index is 1.74. The van der Waals surface area contributed by atoms with E-state index in [0.717, 1.165) is 29.1 Å². The van der Waals surface area contributed by atoms with Gasteiger partial charge in [0.25, 0.3) is 0 Å². The summed E-state index contributed by atoms with van der Waals surface area (Å²) in [5, 5.41) is 7.52. The minimum Gasteiger partial charge on any atom is -0.370 e. The van der Waals surface area contributed by atoms with E-state index < -0.39 is 0 Å². The average molecular weight is 424 g/mol. The number of aryl methyl sites for hydroxylation is 1. The highest BCUT2D eigenvalue weighted by Crippen LogP contribution is 2.22. The average Bonchev–Trinajstić information content (AvgIpc) is 3.08. The summed E-state index contributed by atoms with van der Waals surface area (Å²) in [4.78, 5) is 6.79. The second-order valence-electron chi connectivity index (χ2n) is 6.16. The van der Waals surface area contributed by atoms with Gasteiger partial charge in [-0.3, -0.25) is 4.68 Å². The van der Waals surface area contributed by atoms with E-state index >= 15 is 0 Å². The molecule has 1 aromatic heterocycles. The molecule has 0 aliphatic carbocycles. The molecule has 26 heavy (non-hydrogen) atoms. The van der Waals surface area contributed by atoms with Crippen LogP contribution in [0.2, 0.25) is 0 Å². The number of nitrogens with zero attached hydrogens (tertiary/aromatic N) is 4. The third-order valence-corrected chi connectivity index (χ3v) is 4.70. The molecule has 8 heteroatoms. The molecule has 3 rings (SSSR count). The first kappa shape index (κ1) is 18.8. The normalized spacial score (nSPS) is 18.2. The van der Waals surface area contributed by atoms with Gasteiger partial charge in [-0.25, -0.2) is 9.38 Å². The third kappa shape index (κ3) is 4.62. The minimum atomic E-state index is -0.247. The molecular weight excluding hydrogens is 401 g/mol. The number of ether oxygens (including phenoxy) is 1. The highest BCUT2D eigenvalue weighted by atomic mass is 79.9. The highest BCUT2D eigenvalue weighted by Gasteiger charge is 2.25. The zero-order valence-corrected chi connectivity index (χ0v) is 16.5. The lowest BCUT2D eigenvalue weighted by molar-refractivity contribution is -0.00805. The van der Waals surface area contributed by atoms with Crippen molar-refractivity contribution in [1.29, 1.82) is 0 Å². The van der Waals surface area contributed by atoms with Crippen molar-refractivity contribution in [3.05, 3.63) is 52.0 Å². The van der Waals surface area contributed by atoms with Crippen LogP contribution in [0.3, 0.4) is 0 Å². The fraction of sp³-hybridized carbons (Fsp3) is 0.444. The fourth-order valence-corrected chi connectivity index (χ4v) is 3.31. The monoisotopic (exact) mass is 423 g/mol. The largest absolute Gasteiger partial charge is 0.370 e. The maximum absolute atomic E-state index is 14.0. The van der Waals surface area contributed by atoms with Gasteiger partial charge < -0.3 is 15.0 Å². The van der Waals surface area contributed by atoms with Crippen molar-refractivity contribution in [2.75, 3.05) is 26.2 Å². The molecule has 1 N–H and O–H groups in total. The fourth-order valence-electron chi connectivity index (χ4n) is 2.90. The molecule has 1 saturated heterocycles. The number of hydrogen-bond donors (Lipinski definition) is 1. The molecule has 1 fully saturated rings. The Kier molecular flexibility index (Phi) is 6.26. The maximum atomic E-state index is 14.0. The van der Waals surface area contributed by atoms with Crippen LogP contribution in [0.4, 0.5) is 4.39 Å². The number of aromatic nitrogens is 2. The molecule has 2 aromatic rings. The summed E-state index contributed by atoms with van der Waals surface area (Å²) < 4.78 is 22.5. The predicted octanol–water partition coefficient (Wildman–Crippen LogP) is 2.86. The van der Waals surface area contributed by atoms with E-state index in [9.17, 15) is 4.39 Å². The van der Waals surface area contributed by atoms with Gasteiger partial charge in [-0.15, -0.1) is 0 Å². The molecular formula is C18H23BrFN5O. The Bertz CT molecular complexity index is 779. The van der Waals surface area contributed by atoms with Crippen LogP contribution in [0.25, 0.3) is 0 Å². The SMILES string of the molecule is CCNC(=NCc1cc(Br)ccc1F)N1CCOC(c2cnn(C)c2)C1. The molecule has 1 aromatic carbocycles. The standard InChI is InChI=1S/C18H23BrFN5O/c1-3-21-18(22-9-13-8-15(19)4-5-16(13)20)25-6-7-26-17(12-25)14-10-23-24(2)11-14/h4-5,8,10-11,17H,3,6-7,9,12H2,1-2H3,(H,21,22). The van der Waals surface area contributed by atoms with E-state index in [1.165, 1.54) is 6.07 Å². The van der Waals surface area contributed by atoms with Gasteiger partial charge in [-0.2, -0.15) is 5.10 Å². The smallest absolute Gasteiger partial charge is 0.194 e. The quantitative estimate of drug-likeness (QED) is 0.606. The Labute approximate surface area is 161 Å². The van der Waals surface area contributed by atoms with Crippen LogP contribution in [0.1, 0.15) is 24.2 Å². The minimum absolute atomic E-state index is 0.0519. The topological polar surface area (TPSA) is 54.7 Å². The molecule has 0 radical (unpaired) electrons. The summed E-state index contributed by atoms with van der Waals surface area (Å²) in [6.07, 6.45) is 3.74. The Hall–Kier alpha value is -1.93. The van der Waals surface area contributed by atoms with E-state index in [4.69, 9.17) is 4.74 Å². The lowest BCUT2D eigenvalue weighted by atomic mass is 10.1. The van der Waals surface area contributed by atoms with Crippen LogP contribution in [0.15, 0.2) is 40.1 Å². The molecule has 1 unspecified atom stereocenters. The van der Waals surface area contributed by atoms with Gasteiger partial charge in [0.05, 0.1) is 25.9 Å². The number of hydrogen-bond acceptors (Lipinski definition) is 3. The van der Waals surface area contributed by atoms with E-state index in [-0.39, 0.29) is 18.5 Å². The lowest BCUT2D eigenvalue weighted by Gasteiger charge is -2.34. The first-order valence-corrected chi connectivity index (χ1v) is 9.43. The Morgan fingerprint density at radius 3 is 3.08 bits per heavy atom. The van der Waals surface area contributed by atoms with E-state index in [2.05, 4.69) is 36.2 Å². The molecule has 0 amide bonds. The van der Waals surface area contributed by atoms with E-state index in [1.807, 2.05) is 26.4 Å². The second-order valence-corrected chi connectivity index (χ2v) is 7.07. The molecule has 0 saturated carbocycles. The summed E-state index contributed by atoms with van der Waals surface area (Å²) >= 11 is 3.38. The number of guanidine groups is 1. The molecule has 0 bridgehead atoms. The van der Waals surface area contributed by atoms with Crippen molar-refractivity contribution in [2.24, 2.45) is 12.0 Å². The van der Waals surface area contributed by atoms with Crippen LogP contribution in [0, 0.1) is 5.82 Å². The first-order chi connectivity index (χ1) is 12.6. The van der Waals surface area contributed by atoms with Crippen molar-refractivity contribution >= 4 is 21.9 Å². The summed E-state index contributed by atoms with van der Waals surface area (Å²) in [5.41, 5.74) is 1.61. The van der Waals surface area contributed by atoms with Crippen LogP contribution in [0.5, 0.6) is 0 Å². The molecule has 1 aliphatic rings. The van der Waals surface area contributed by atoms with Gasteiger partial charge >= 0.3 is 0 Å². The van der Waals surface area contributed by atoms with Crippen molar-refractivity contribution in [3.8, 4) is 0 Å². The molecule has 140 valence electrons. The van der Waals surface area contributed by atoms with Crippen LogP contribution in [-0.4, -0.2) is 46.9 Å². The summed E-state index contributed by atoms with van der Waals surface area (Å²) in [7, 11) is 1.89. The number of rotatable bonds is 4. The van der Waals surface area contributed by atoms with Crippen LogP contribution < -0.4 is 5.32 Å². The zero-order valence-electron chi connectivity index (χ0n) is 15.0. The molecule has 1 aliphatic heterocycles. The Morgan fingerprint density at radius 2 is 2.35 bits per heavy atom. The Morgan fingerprint density at radius 1 is 1.50 bits per heavy atom. The third-order valence-electron chi connectivity index (χ3n) is 4.20. The van der Waals surface area contributed by atoms with Crippen molar-refractivity contribution in [2.45, 2.75) is 19.6 Å². The van der Waals surface area contributed by atoms with Crippen molar-refractivity contribution < 1.29 is 9.13 Å². The summed E-state index contributed by atoms with van der Waals surface area (Å²) in [6.45, 7) is 5.07. The number of nitrogens with one attached hydrogen (secondary N) is 1. The lowest BCUT2D eigenvalue weighted by Crippen LogP contribution is -2.48. The van der Waals surface area contributed by atoms with Crippen molar-refractivity contribution in [1.82, 2.24) is 20.0 Å². The zero-order chi connectivity index (χ0) is 18.5. The molecule has 0 spiro atoms. The van der Waals surface area contributed by atoms with Crippen LogP contribution in [-0.2, 0) is 18.3 Å². The van der Waals surface area contributed by atoms with Gasteiger partial charge in [0, 0.05) is 41.9 Å². The van der Waals surface area contributed by atoms with Gasteiger partial charge in [0.15, 0.2) is 5.96 Å². The van der Waals surface area contributed by atoms with Crippen molar-refractivity contribution in [3.63, 3.8) is 0 Å².